The van der Waals surface area contributed by atoms with Gasteiger partial charge in [0.25, 0.3) is 5.56 Å². The Labute approximate surface area is 219 Å². The van der Waals surface area contributed by atoms with Crippen molar-refractivity contribution in [3.8, 4) is 0 Å². The monoisotopic (exact) mass is 507 g/mol. The van der Waals surface area contributed by atoms with Gasteiger partial charge in [-0.15, -0.1) is 0 Å². The summed E-state index contributed by atoms with van der Waals surface area (Å²) < 4.78 is 6.07. The number of rotatable bonds is 5. The average molecular weight is 508 g/mol. The van der Waals surface area contributed by atoms with E-state index in [1.165, 1.54) is 0 Å². The van der Waals surface area contributed by atoms with Crippen molar-refractivity contribution in [3.63, 3.8) is 0 Å². The number of fused-ring (bicyclic) bond motifs is 2. The summed E-state index contributed by atoms with van der Waals surface area (Å²) in [5.41, 5.74) is 5.43. The van der Waals surface area contributed by atoms with E-state index in [1.54, 1.807) is 17.3 Å². The molecule has 8 heteroatoms. The smallest absolute Gasteiger partial charge is 0.410 e. The number of amides is 1. The molecule has 4 heterocycles. The van der Waals surface area contributed by atoms with Crippen LogP contribution in [0.3, 0.4) is 0 Å². The van der Waals surface area contributed by atoms with E-state index in [1.807, 2.05) is 55.5 Å². The van der Waals surface area contributed by atoms with E-state index in [-0.39, 0.29) is 17.6 Å². The second kappa shape index (κ2) is 10.1. The van der Waals surface area contributed by atoms with E-state index in [4.69, 9.17) is 4.74 Å². The summed E-state index contributed by atoms with van der Waals surface area (Å²) in [6.45, 7) is 3.10. The molecule has 3 aromatic heterocycles. The number of pyridine rings is 2. The van der Waals surface area contributed by atoms with Crippen molar-refractivity contribution in [3.05, 3.63) is 106 Å². The summed E-state index contributed by atoms with van der Waals surface area (Å²) in [5.74, 6) is 0.101. The second-order valence-corrected chi connectivity index (χ2v) is 9.98. The minimum absolute atomic E-state index is 0.0511. The van der Waals surface area contributed by atoms with Gasteiger partial charge in [-0.05, 0) is 72.5 Å². The van der Waals surface area contributed by atoms with Gasteiger partial charge in [-0.25, -0.2) is 4.79 Å². The molecule has 5 aromatic rings. The highest BCUT2D eigenvalue weighted by molar-refractivity contribution is 5.82. The van der Waals surface area contributed by atoms with Crippen LogP contribution in [0.15, 0.2) is 77.9 Å². The number of ether oxygens (including phenoxy) is 1. The van der Waals surface area contributed by atoms with Crippen LogP contribution in [0.5, 0.6) is 0 Å². The number of piperidine rings is 1. The number of likely N-dealkylation sites (tertiary alicyclic amines) is 1. The Morgan fingerprint density at radius 2 is 1.89 bits per heavy atom. The first-order chi connectivity index (χ1) is 18.5. The summed E-state index contributed by atoms with van der Waals surface area (Å²) in [6, 6.07) is 19.6. The van der Waals surface area contributed by atoms with Crippen molar-refractivity contribution in [2.24, 2.45) is 0 Å². The van der Waals surface area contributed by atoms with Gasteiger partial charge < -0.3 is 14.6 Å². The lowest BCUT2D eigenvalue weighted by molar-refractivity contribution is 0.0538. The standard InChI is InChI=1S/C30H29N5O3/c1-19-14-20(15-23-18-32-34-28(19)23)16-27(26-8-4-5-11-31-26)38-30(37)35-12-9-21(10-13-35)24-17-22-6-2-3-7-25(22)33-29(24)36/h2-8,11,14-15,17-18,21,27H,9-10,12-13,16H2,1H3,(H,32,34)(H,33,36). The maximum atomic E-state index is 13.3. The van der Waals surface area contributed by atoms with Gasteiger partial charge in [0, 0.05) is 42.2 Å². The molecule has 0 spiro atoms. The molecule has 8 nitrogen and oxygen atoms in total. The SMILES string of the molecule is Cc1cc(CC(OC(=O)N2CCC(c3cc4ccccc4[nH]c3=O)CC2)c2ccccn2)cc2cn[nH]c12. The lowest BCUT2D eigenvalue weighted by atomic mass is 9.89. The minimum atomic E-state index is -0.520. The average Bonchev–Trinajstić information content (AvgIpc) is 3.42. The number of carbonyl (C=O) groups excluding carboxylic acids is 1. The normalized spacial score (nSPS) is 15.1. The Morgan fingerprint density at radius 1 is 1.08 bits per heavy atom. The number of hydrogen-bond acceptors (Lipinski definition) is 5. The molecular formula is C30H29N5O3. The highest BCUT2D eigenvalue weighted by Gasteiger charge is 2.29. The van der Waals surface area contributed by atoms with Crippen LogP contribution in [0, 0.1) is 6.92 Å². The maximum absolute atomic E-state index is 13.3. The van der Waals surface area contributed by atoms with Crippen molar-refractivity contribution >= 4 is 27.9 Å². The second-order valence-electron chi connectivity index (χ2n) is 9.98. The number of aromatic amines is 2. The van der Waals surface area contributed by atoms with Crippen LogP contribution in [0.1, 0.15) is 47.2 Å². The van der Waals surface area contributed by atoms with Gasteiger partial charge in [0.2, 0.25) is 0 Å². The summed E-state index contributed by atoms with van der Waals surface area (Å²) in [4.78, 5) is 35.2. The first-order valence-electron chi connectivity index (χ1n) is 13.0. The van der Waals surface area contributed by atoms with Gasteiger partial charge in [-0.1, -0.05) is 30.3 Å². The van der Waals surface area contributed by atoms with Gasteiger partial charge in [0.15, 0.2) is 0 Å². The lowest BCUT2D eigenvalue weighted by Gasteiger charge is -2.32. The molecule has 1 atom stereocenters. The maximum Gasteiger partial charge on any atom is 0.410 e. The number of H-pyrrole nitrogens is 2. The molecule has 1 aliphatic heterocycles. The molecule has 6 rings (SSSR count). The fraction of sp³-hybridized carbons (Fsp3) is 0.267. The van der Waals surface area contributed by atoms with Crippen molar-refractivity contribution in [1.29, 1.82) is 0 Å². The number of benzene rings is 2. The number of aromatic nitrogens is 4. The molecule has 192 valence electrons. The predicted molar refractivity (Wildman–Crippen MR) is 146 cm³/mol. The molecule has 1 amide bonds. The van der Waals surface area contributed by atoms with Crippen molar-refractivity contribution in [1.82, 2.24) is 25.1 Å². The highest BCUT2D eigenvalue weighted by atomic mass is 16.6. The summed E-state index contributed by atoms with van der Waals surface area (Å²) in [7, 11) is 0. The van der Waals surface area contributed by atoms with Crippen LogP contribution in [0.4, 0.5) is 4.79 Å². The molecule has 2 aromatic carbocycles. The molecule has 1 unspecified atom stereocenters. The van der Waals surface area contributed by atoms with Crippen molar-refractivity contribution in [2.45, 2.75) is 38.2 Å². The largest absolute Gasteiger partial charge is 0.439 e. The Bertz CT molecular complexity index is 1650. The zero-order chi connectivity index (χ0) is 26.1. The highest BCUT2D eigenvalue weighted by Crippen LogP contribution is 2.30. The third kappa shape index (κ3) is 4.77. The quantitative estimate of drug-likeness (QED) is 0.331. The van der Waals surface area contributed by atoms with E-state index in [9.17, 15) is 9.59 Å². The number of para-hydroxylation sites is 1. The summed E-state index contributed by atoms with van der Waals surface area (Å²) in [5, 5.41) is 9.22. The van der Waals surface area contributed by atoms with Crippen LogP contribution in [-0.4, -0.2) is 44.2 Å². The van der Waals surface area contributed by atoms with Crippen LogP contribution >= 0.6 is 0 Å². The molecular weight excluding hydrogens is 478 g/mol. The molecule has 2 N–H and O–H groups in total. The molecule has 0 aliphatic carbocycles. The van der Waals surface area contributed by atoms with Crippen LogP contribution < -0.4 is 5.56 Å². The molecule has 38 heavy (non-hydrogen) atoms. The van der Waals surface area contributed by atoms with Crippen LogP contribution in [-0.2, 0) is 11.2 Å². The first-order valence-corrected chi connectivity index (χ1v) is 13.0. The van der Waals surface area contributed by atoms with Crippen molar-refractivity contribution < 1.29 is 9.53 Å². The number of carbonyl (C=O) groups is 1. The lowest BCUT2D eigenvalue weighted by Crippen LogP contribution is -2.39. The topological polar surface area (TPSA) is 104 Å². The van der Waals surface area contributed by atoms with E-state index in [2.05, 4.69) is 32.3 Å². The molecule has 1 aliphatic rings. The van der Waals surface area contributed by atoms with Crippen molar-refractivity contribution in [2.75, 3.05) is 13.1 Å². The van der Waals surface area contributed by atoms with Gasteiger partial charge in [-0.3, -0.25) is 14.9 Å². The number of aryl methyl sites for hydroxylation is 1. The zero-order valence-electron chi connectivity index (χ0n) is 21.2. The molecule has 0 radical (unpaired) electrons. The van der Waals surface area contributed by atoms with Gasteiger partial charge in [0.1, 0.15) is 6.10 Å². The zero-order valence-corrected chi connectivity index (χ0v) is 21.2. The Balaban J connectivity index is 1.16. The molecule has 1 fully saturated rings. The number of nitrogens with zero attached hydrogens (tertiary/aromatic N) is 3. The van der Waals surface area contributed by atoms with Gasteiger partial charge in [-0.2, -0.15) is 5.10 Å². The summed E-state index contributed by atoms with van der Waals surface area (Å²) >= 11 is 0. The fourth-order valence-corrected chi connectivity index (χ4v) is 5.45. The van der Waals surface area contributed by atoms with E-state index >= 15 is 0 Å². The Hall–Kier alpha value is -4.46. The van der Waals surface area contributed by atoms with E-state index < -0.39 is 6.10 Å². The van der Waals surface area contributed by atoms with Gasteiger partial charge in [0.05, 0.1) is 17.4 Å². The van der Waals surface area contributed by atoms with Crippen LogP contribution in [0.2, 0.25) is 0 Å². The first kappa shape index (κ1) is 23.9. The number of nitrogens with one attached hydrogen (secondary N) is 2. The molecule has 1 saturated heterocycles. The number of hydrogen-bond donors (Lipinski definition) is 2. The third-order valence-corrected chi connectivity index (χ3v) is 7.46. The third-order valence-electron chi connectivity index (χ3n) is 7.46. The molecule has 0 saturated carbocycles. The Kier molecular flexibility index (Phi) is 6.37. The minimum Gasteiger partial charge on any atom is -0.439 e. The summed E-state index contributed by atoms with van der Waals surface area (Å²) in [6.07, 6.45) is 4.57. The fourth-order valence-electron chi connectivity index (χ4n) is 5.45. The predicted octanol–water partition coefficient (Wildman–Crippen LogP) is 5.41. The van der Waals surface area contributed by atoms with Crippen LogP contribution in [0.25, 0.3) is 21.8 Å². The Morgan fingerprint density at radius 3 is 2.71 bits per heavy atom. The molecule has 0 bridgehead atoms. The van der Waals surface area contributed by atoms with E-state index in [0.29, 0.717) is 38.0 Å². The van der Waals surface area contributed by atoms with Gasteiger partial charge >= 0.3 is 6.09 Å². The van der Waals surface area contributed by atoms with E-state index in [0.717, 1.165) is 38.5 Å².